The molecule has 0 radical (unpaired) electrons. The van der Waals surface area contributed by atoms with Crippen molar-refractivity contribution >= 4 is 23.2 Å². The Balaban J connectivity index is 2.18. The molecule has 0 fully saturated rings. The minimum absolute atomic E-state index is 0.0812. The lowest BCUT2D eigenvalue weighted by atomic mass is 9.92. The van der Waals surface area contributed by atoms with Gasteiger partial charge >= 0.3 is 0 Å². The SMILES string of the molecule is CC(=O)N(CCC(=O)Nc1c(C(C)C)cccc1C(C)C)c1ccccc1F. The normalized spacial score (nSPS) is 11.0. The predicted molar refractivity (Wildman–Crippen MR) is 112 cm³/mol. The van der Waals surface area contributed by atoms with E-state index >= 15 is 0 Å². The first-order valence-corrected chi connectivity index (χ1v) is 9.67. The second-order valence-corrected chi connectivity index (χ2v) is 7.54. The first kappa shape index (κ1) is 21.6. The number of hydrogen-bond acceptors (Lipinski definition) is 2. The van der Waals surface area contributed by atoms with Crippen LogP contribution in [-0.2, 0) is 9.59 Å². The summed E-state index contributed by atoms with van der Waals surface area (Å²) in [5, 5.41) is 3.03. The number of rotatable bonds is 7. The zero-order valence-electron chi connectivity index (χ0n) is 17.3. The fourth-order valence-electron chi connectivity index (χ4n) is 3.23. The molecule has 0 aliphatic heterocycles. The number of nitrogens with one attached hydrogen (secondary N) is 1. The lowest BCUT2D eigenvalue weighted by Crippen LogP contribution is -2.32. The Kier molecular flexibility index (Phi) is 7.32. The Morgan fingerprint density at radius 3 is 2.04 bits per heavy atom. The van der Waals surface area contributed by atoms with Crippen LogP contribution in [0, 0.1) is 5.82 Å². The Bertz CT molecular complexity index is 820. The van der Waals surface area contributed by atoms with Crippen LogP contribution < -0.4 is 10.2 Å². The van der Waals surface area contributed by atoms with Gasteiger partial charge in [0.1, 0.15) is 5.82 Å². The molecule has 5 heteroatoms. The van der Waals surface area contributed by atoms with Gasteiger partial charge in [-0.1, -0.05) is 58.0 Å². The van der Waals surface area contributed by atoms with Crippen molar-refractivity contribution in [1.29, 1.82) is 0 Å². The second-order valence-electron chi connectivity index (χ2n) is 7.54. The zero-order chi connectivity index (χ0) is 20.8. The van der Waals surface area contributed by atoms with E-state index in [1.807, 2.05) is 18.2 Å². The maximum absolute atomic E-state index is 14.1. The molecule has 0 aliphatic rings. The Labute approximate surface area is 166 Å². The zero-order valence-corrected chi connectivity index (χ0v) is 17.3. The summed E-state index contributed by atoms with van der Waals surface area (Å²) in [4.78, 5) is 25.9. The van der Waals surface area contributed by atoms with Crippen LogP contribution in [0.3, 0.4) is 0 Å². The van der Waals surface area contributed by atoms with Gasteiger partial charge in [-0.3, -0.25) is 9.59 Å². The molecule has 0 aromatic heterocycles. The van der Waals surface area contributed by atoms with E-state index in [1.165, 1.54) is 17.9 Å². The third kappa shape index (κ3) is 5.18. The van der Waals surface area contributed by atoms with Crippen molar-refractivity contribution < 1.29 is 14.0 Å². The molecule has 1 N–H and O–H groups in total. The van der Waals surface area contributed by atoms with Gasteiger partial charge in [0.15, 0.2) is 0 Å². The van der Waals surface area contributed by atoms with Gasteiger partial charge < -0.3 is 10.2 Å². The molecule has 0 unspecified atom stereocenters. The molecule has 0 bridgehead atoms. The summed E-state index contributed by atoms with van der Waals surface area (Å²) in [6, 6.07) is 12.1. The number of benzene rings is 2. The van der Waals surface area contributed by atoms with Gasteiger partial charge in [-0.25, -0.2) is 4.39 Å². The molecule has 0 aliphatic carbocycles. The minimum Gasteiger partial charge on any atom is -0.326 e. The third-order valence-electron chi connectivity index (χ3n) is 4.72. The average molecular weight is 384 g/mol. The topological polar surface area (TPSA) is 49.4 Å². The van der Waals surface area contributed by atoms with Crippen LogP contribution in [0.4, 0.5) is 15.8 Å². The van der Waals surface area contributed by atoms with Gasteiger partial charge in [0.05, 0.1) is 5.69 Å². The van der Waals surface area contributed by atoms with Crippen molar-refractivity contribution in [2.45, 2.75) is 52.9 Å². The van der Waals surface area contributed by atoms with Crippen LogP contribution in [0.2, 0.25) is 0 Å². The highest BCUT2D eigenvalue weighted by molar-refractivity contribution is 5.95. The molecule has 2 amide bonds. The molecule has 0 saturated heterocycles. The van der Waals surface area contributed by atoms with Crippen LogP contribution in [0.5, 0.6) is 0 Å². The smallest absolute Gasteiger partial charge is 0.226 e. The van der Waals surface area contributed by atoms with E-state index in [1.54, 1.807) is 18.2 Å². The van der Waals surface area contributed by atoms with Crippen molar-refractivity contribution in [1.82, 2.24) is 0 Å². The van der Waals surface area contributed by atoms with E-state index in [2.05, 4.69) is 33.0 Å². The number of carbonyl (C=O) groups excluding carboxylic acids is 2. The highest BCUT2D eigenvalue weighted by Crippen LogP contribution is 2.32. The van der Waals surface area contributed by atoms with E-state index in [9.17, 15) is 14.0 Å². The lowest BCUT2D eigenvalue weighted by molar-refractivity contribution is -0.117. The number of nitrogens with zero attached hydrogens (tertiary/aromatic N) is 1. The van der Waals surface area contributed by atoms with Crippen molar-refractivity contribution in [2.24, 2.45) is 0 Å². The number of hydrogen-bond donors (Lipinski definition) is 1. The Hall–Kier alpha value is -2.69. The Morgan fingerprint density at radius 1 is 0.964 bits per heavy atom. The Morgan fingerprint density at radius 2 is 1.54 bits per heavy atom. The molecule has 150 valence electrons. The summed E-state index contributed by atoms with van der Waals surface area (Å²) >= 11 is 0. The van der Waals surface area contributed by atoms with Crippen LogP contribution in [0.15, 0.2) is 42.5 Å². The fourth-order valence-corrected chi connectivity index (χ4v) is 3.23. The number of para-hydroxylation sites is 2. The summed E-state index contributed by atoms with van der Waals surface area (Å²) < 4.78 is 14.1. The van der Waals surface area contributed by atoms with Gasteiger partial charge in [0.2, 0.25) is 11.8 Å². The number of halogens is 1. The van der Waals surface area contributed by atoms with Crippen molar-refractivity contribution in [2.75, 3.05) is 16.8 Å². The maximum Gasteiger partial charge on any atom is 0.226 e. The van der Waals surface area contributed by atoms with Gasteiger partial charge in [-0.05, 0) is 35.1 Å². The number of amides is 2. The summed E-state index contributed by atoms with van der Waals surface area (Å²) in [5.41, 5.74) is 3.19. The molecule has 2 aromatic rings. The molecule has 2 aromatic carbocycles. The van der Waals surface area contributed by atoms with Crippen LogP contribution in [0.25, 0.3) is 0 Å². The first-order chi connectivity index (χ1) is 13.2. The van der Waals surface area contributed by atoms with Crippen molar-refractivity contribution in [3.05, 3.63) is 59.4 Å². The van der Waals surface area contributed by atoms with E-state index in [4.69, 9.17) is 0 Å². The quantitative estimate of drug-likeness (QED) is 0.690. The van der Waals surface area contributed by atoms with Crippen molar-refractivity contribution in [3.8, 4) is 0 Å². The molecule has 2 rings (SSSR count). The summed E-state index contributed by atoms with van der Waals surface area (Å²) in [6.45, 7) is 9.84. The monoisotopic (exact) mass is 384 g/mol. The summed E-state index contributed by atoms with van der Waals surface area (Å²) in [5.74, 6) is -0.450. The highest BCUT2D eigenvalue weighted by Gasteiger charge is 2.19. The van der Waals surface area contributed by atoms with Crippen LogP contribution in [0.1, 0.15) is 64.0 Å². The van der Waals surface area contributed by atoms with E-state index in [0.717, 1.165) is 16.8 Å². The summed E-state index contributed by atoms with van der Waals surface area (Å²) in [6.07, 6.45) is 0.0812. The lowest BCUT2D eigenvalue weighted by Gasteiger charge is -2.23. The van der Waals surface area contributed by atoms with E-state index < -0.39 is 5.82 Å². The molecule has 0 atom stereocenters. The van der Waals surface area contributed by atoms with Crippen molar-refractivity contribution in [3.63, 3.8) is 0 Å². The summed E-state index contributed by atoms with van der Waals surface area (Å²) in [7, 11) is 0. The van der Waals surface area contributed by atoms with Crippen LogP contribution in [-0.4, -0.2) is 18.4 Å². The average Bonchev–Trinajstić information content (AvgIpc) is 2.62. The van der Waals surface area contributed by atoms with E-state index in [0.29, 0.717) is 0 Å². The van der Waals surface area contributed by atoms with E-state index in [-0.39, 0.29) is 42.3 Å². The molecule has 0 saturated carbocycles. The molecule has 28 heavy (non-hydrogen) atoms. The third-order valence-corrected chi connectivity index (χ3v) is 4.72. The fraction of sp³-hybridized carbons (Fsp3) is 0.391. The van der Waals surface area contributed by atoms with Gasteiger partial charge in [-0.15, -0.1) is 0 Å². The minimum atomic E-state index is -0.481. The number of carbonyl (C=O) groups is 2. The standard InChI is InChI=1S/C23H29FN2O2/c1-15(2)18-9-8-10-19(16(3)4)23(18)25-22(28)13-14-26(17(5)27)21-12-7-6-11-20(21)24/h6-12,15-16H,13-14H2,1-5H3,(H,25,28). The molecule has 4 nitrogen and oxygen atoms in total. The maximum atomic E-state index is 14.1. The molecular weight excluding hydrogens is 355 g/mol. The van der Waals surface area contributed by atoms with Gasteiger partial charge in [0, 0.05) is 25.6 Å². The second kappa shape index (κ2) is 9.49. The van der Waals surface area contributed by atoms with Crippen LogP contribution >= 0.6 is 0 Å². The molecule has 0 heterocycles. The molecular formula is C23H29FN2O2. The predicted octanol–water partition coefficient (Wildman–Crippen LogP) is 5.45. The number of anilines is 2. The largest absolute Gasteiger partial charge is 0.326 e. The highest BCUT2D eigenvalue weighted by atomic mass is 19.1. The van der Waals surface area contributed by atoms with Gasteiger partial charge in [-0.2, -0.15) is 0 Å². The first-order valence-electron chi connectivity index (χ1n) is 9.67. The molecule has 0 spiro atoms. The van der Waals surface area contributed by atoms with Gasteiger partial charge in [0.25, 0.3) is 0 Å².